The molecule has 2 aliphatic rings. The summed E-state index contributed by atoms with van der Waals surface area (Å²) in [6.07, 6.45) is 0. The van der Waals surface area contributed by atoms with E-state index in [-0.39, 0.29) is 0 Å². The van der Waals surface area contributed by atoms with Crippen LogP contribution < -0.4 is 5.32 Å². The number of fused-ring (bicyclic) bond motifs is 1. The van der Waals surface area contributed by atoms with Crippen molar-refractivity contribution >= 4 is 0 Å². The predicted octanol–water partition coefficient (Wildman–Crippen LogP) is 1.16. The van der Waals surface area contributed by atoms with Crippen molar-refractivity contribution in [3.05, 3.63) is 35.9 Å². The lowest BCUT2D eigenvalue weighted by Crippen LogP contribution is -2.63. The Morgan fingerprint density at radius 3 is 2.83 bits per heavy atom. The third kappa shape index (κ3) is 2.74. The predicted molar refractivity (Wildman–Crippen MR) is 74.5 cm³/mol. The average Bonchev–Trinajstić information content (AvgIpc) is 2.40. The third-order valence-corrected chi connectivity index (χ3v) is 4.15. The van der Waals surface area contributed by atoms with E-state index < -0.39 is 0 Å². The average molecular weight is 245 g/mol. The molecule has 0 amide bonds. The molecule has 2 saturated heterocycles. The Bertz CT molecular complexity index is 379. The molecule has 98 valence electrons. The van der Waals surface area contributed by atoms with Crippen LogP contribution in [0.1, 0.15) is 12.5 Å². The van der Waals surface area contributed by atoms with E-state index >= 15 is 0 Å². The van der Waals surface area contributed by atoms with Crippen molar-refractivity contribution in [1.29, 1.82) is 0 Å². The van der Waals surface area contributed by atoms with E-state index in [1.165, 1.54) is 31.7 Å². The summed E-state index contributed by atoms with van der Waals surface area (Å²) in [4.78, 5) is 5.25. The Morgan fingerprint density at radius 2 is 2.00 bits per heavy atom. The van der Waals surface area contributed by atoms with Crippen molar-refractivity contribution in [2.24, 2.45) is 0 Å². The van der Waals surface area contributed by atoms with Crippen LogP contribution in [0.15, 0.2) is 30.3 Å². The summed E-state index contributed by atoms with van der Waals surface area (Å²) in [6.45, 7) is 9.37. The highest BCUT2D eigenvalue weighted by Gasteiger charge is 2.30. The SMILES string of the molecule is C[C@@H]1CN2CCN(Cc3ccccc3)CC2CN1. The van der Waals surface area contributed by atoms with E-state index in [9.17, 15) is 0 Å². The van der Waals surface area contributed by atoms with Crippen molar-refractivity contribution in [3.63, 3.8) is 0 Å². The fourth-order valence-electron chi connectivity index (χ4n) is 3.13. The molecule has 0 saturated carbocycles. The molecule has 1 aromatic rings. The second kappa shape index (κ2) is 5.39. The maximum atomic E-state index is 3.60. The molecular formula is C15H23N3. The molecular weight excluding hydrogens is 222 g/mol. The topological polar surface area (TPSA) is 18.5 Å². The Labute approximate surface area is 110 Å². The van der Waals surface area contributed by atoms with Crippen LogP contribution >= 0.6 is 0 Å². The van der Waals surface area contributed by atoms with Gasteiger partial charge in [0.15, 0.2) is 0 Å². The molecule has 3 nitrogen and oxygen atoms in total. The molecule has 0 bridgehead atoms. The Balaban J connectivity index is 1.58. The van der Waals surface area contributed by atoms with Crippen LogP contribution in [0.25, 0.3) is 0 Å². The minimum Gasteiger partial charge on any atom is -0.311 e. The molecule has 0 aliphatic carbocycles. The quantitative estimate of drug-likeness (QED) is 0.843. The van der Waals surface area contributed by atoms with Crippen molar-refractivity contribution in [3.8, 4) is 0 Å². The highest BCUT2D eigenvalue weighted by molar-refractivity contribution is 5.14. The zero-order valence-electron chi connectivity index (χ0n) is 11.2. The molecule has 0 spiro atoms. The first-order chi connectivity index (χ1) is 8.81. The van der Waals surface area contributed by atoms with Crippen LogP contribution in [0, 0.1) is 0 Å². The van der Waals surface area contributed by atoms with Crippen molar-refractivity contribution in [1.82, 2.24) is 15.1 Å². The van der Waals surface area contributed by atoms with E-state index in [2.05, 4.69) is 52.4 Å². The molecule has 2 aliphatic heterocycles. The van der Waals surface area contributed by atoms with Gasteiger partial charge < -0.3 is 5.32 Å². The molecule has 0 radical (unpaired) electrons. The van der Waals surface area contributed by atoms with E-state index in [4.69, 9.17) is 0 Å². The van der Waals surface area contributed by atoms with Crippen molar-refractivity contribution in [2.75, 3.05) is 32.7 Å². The largest absolute Gasteiger partial charge is 0.311 e. The van der Waals surface area contributed by atoms with Gasteiger partial charge in [-0.25, -0.2) is 0 Å². The normalized spacial score (nSPS) is 30.1. The first kappa shape index (κ1) is 12.2. The van der Waals surface area contributed by atoms with Gasteiger partial charge in [-0.3, -0.25) is 9.80 Å². The minimum absolute atomic E-state index is 0.655. The maximum Gasteiger partial charge on any atom is 0.0349 e. The monoisotopic (exact) mass is 245 g/mol. The summed E-state index contributed by atoms with van der Waals surface area (Å²) < 4.78 is 0. The van der Waals surface area contributed by atoms with Gasteiger partial charge in [0.1, 0.15) is 0 Å². The van der Waals surface area contributed by atoms with E-state index in [0.29, 0.717) is 12.1 Å². The number of nitrogens with one attached hydrogen (secondary N) is 1. The van der Waals surface area contributed by atoms with Crippen molar-refractivity contribution < 1.29 is 0 Å². The summed E-state index contributed by atoms with van der Waals surface area (Å²) in [6, 6.07) is 12.2. The molecule has 1 unspecified atom stereocenters. The van der Waals surface area contributed by atoms with Gasteiger partial charge in [-0.05, 0) is 12.5 Å². The molecule has 3 heteroatoms. The van der Waals surface area contributed by atoms with E-state index in [1.807, 2.05) is 0 Å². The van der Waals surface area contributed by atoms with Gasteiger partial charge in [-0.15, -0.1) is 0 Å². The first-order valence-electron chi connectivity index (χ1n) is 7.05. The molecule has 1 N–H and O–H groups in total. The molecule has 2 fully saturated rings. The molecule has 2 atom stereocenters. The van der Waals surface area contributed by atoms with Gasteiger partial charge in [-0.1, -0.05) is 30.3 Å². The Hall–Kier alpha value is -0.900. The number of piperazine rings is 2. The van der Waals surface area contributed by atoms with Crippen molar-refractivity contribution in [2.45, 2.75) is 25.6 Å². The number of nitrogens with zero attached hydrogens (tertiary/aromatic N) is 2. The summed E-state index contributed by atoms with van der Waals surface area (Å²) >= 11 is 0. The minimum atomic E-state index is 0.655. The smallest absolute Gasteiger partial charge is 0.0349 e. The highest BCUT2D eigenvalue weighted by Crippen LogP contribution is 2.15. The molecule has 18 heavy (non-hydrogen) atoms. The summed E-state index contributed by atoms with van der Waals surface area (Å²) in [5.41, 5.74) is 1.43. The number of hydrogen-bond donors (Lipinski definition) is 1. The lowest BCUT2D eigenvalue weighted by molar-refractivity contribution is 0.0416. The van der Waals surface area contributed by atoms with Crippen LogP contribution in [-0.2, 0) is 6.54 Å². The second-order valence-corrected chi connectivity index (χ2v) is 5.68. The second-order valence-electron chi connectivity index (χ2n) is 5.68. The highest BCUT2D eigenvalue weighted by atomic mass is 15.3. The van der Waals surface area contributed by atoms with Crippen LogP contribution in [0.4, 0.5) is 0 Å². The van der Waals surface area contributed by atoms with Gasteiger partial charge in [0.05, 0.1) is 0 Å². The van der Waals surface area contributed by atoms with Crippen LogP contribution in [-0.4, -0.2) is 54.6 Å². The number of rotatable bonds is 2. The fraction of sp³-hybridized carbons (Fsp3) is 0.600. The molecule has 0 aromatic heterocycles. The van der Waals surface area contributed by atoms with E-state index in [0.717, 1.165) is 13.1 Å². The Kier molecular flexibility index (Phi) is 3.64. The van der Waals surface area contributed by atoms with Crippen LogP contribution in [0.3, 0.4) is 0 Å². The molecule has 3 rings (SSSR count). The standard InChI is InChI=1S/C15H23N3/c1-13-10-18-8-7-17(12-15(18)9-16-13)11-14-5-3-2-4-6-14/h2-6,13,15-16H,7-12H2,1H3/t13-,15?/m1/s1. The van der Waals surface area contributed by atoms with Gasteiger partial charge in [0.25, 0.3) is 0 Å². The lowest BCUT2D eigenvalue weighted by Gasteiger charge is -2.46. The third-order valence-electron chi connectivity index (χ3n) is 4.15. The van der Waals surface area contributed by atoms with Crippen LogP contribution in [0.5, 0.6) is 0 Å². The van der Waals surface area contributed by atoms with E-state index in [1.54, 1.807) is 0 Å². The number of benzene rings is 1. The van der Waals surface area contributed by atoms with Gasteiger partial charge in [0.2, 0.25) is 0 Å². The Morgan fingerprint density at radius 1 is 1.17 bits per heavy atom. The lowest BCUT2D eigenvalue weighted by atomic mass is 10.1. The van der Waals surface area contributed by atoms with Gasteiger partial charge in [-0.2, -0.15) is 0 Å². The zero-order chi connectivity index (χ0) is 12.4. The molecule has 1 aromatic carbocycles. The summed E-state index contributed by atoms with van der Waals surface area (Å²) in [5, 5.41) is 3.60. The number of hydrogen-bond acceptors (Lipinski definition) is 3. The summed E-state index contributed by atoms with van der Waals surface area (Å²) in [7, 11) is 0. The van der Waals surface area contributed by atoms with Crippen LogP contribution in [0.2, 0.25) is 0 Å². The summed E-state index contributed by atoms with van der Waals surface area (Å²) in [5.74, 6) is 0. The maximum absolute atomic E-state index is 3.60. The van der Waals surface area contributed by atoms with Gasteiger partial charge >= 0.3 is 0 Å². The zero-order valence-corrected chi connectivity index (χ0v) is 11.2. The molecule has 2 heterocycles. The fourth-order valence-corrected chi connectivity index (χ4v) is 3.13. The first-order valence-corrected chi connectivity index (χ1v) is 7.05. The van der Waals surface area contributed by atoms with Gasteiger partial charge in [0, 0.05) is 51.4 Å².